The molecule has 182 valence electrons. The van der Waals surface area contributed by atoms with Crippen LogP contribution in [0.4, 0.5) is 5.69 Å². The van der Waals surface area contributed by atoms with E-state index in [0.717, 1.165) is 41.8 Å². The highest BCUT2D eigenvalue weighted by Crippen LogP contribution is 2.36. The monoisotopic (exact) mass is 466 g/mol. The Bertz CT molecular complexity index is 1070. The molecule has 0 spiro atoms. The summed E-state index contributed by atoms with van der Waals surface area (Å²) in [5.74, 6) is 0.247. The van der Waals surface area contributed by atoms with Crippen molar-refractivity contribution in [3.05, 3.63) is 102 Å². The van der Waals surface area contributed by atoms with E-state index >= 15 is 0 Å². The lowest BCUT2D eigenvalue weighted by molar-refractivity contribution is 0.0979. The largest absolute Gasteiger partial charge is 0.294 e. The van der Waals surface area contributed by atoms with E-state index in [1.807, 2.05) is 30.3 Å². The van der Waals surface area contributed by atoms with Gasteiger partial charge in [-0.05, 0) is 41.8 Å². The molecule has 0 amide bonds. The van der Waals surface area contributed by atoms with E-state index < -0.39 is 0 Å². The number of hydrogen-bond donors (Lipinski definition) is 0. The highest BCUT2D eigenvalue weighted by atomic mass is 16.1. The Labute approximate surface area is 210 Å². The highest BCUT2D eigenvalue weighted by molar-refractivity contribution is 6.03. The van der Waals surface area contributed by atoms with Gasteiger partial charge in [0.2, 0.25) is 0 Å². The summed E-state index contributed by atoms with van der Waals surface area (Å²) in [6.07, 6.45) is 11.5. The van der Waals surface area contributed by atoms with Crippen LogP contribution in [0.25, 0.3) is 0 Å². The number of rotatable bonds is 13. The van der Waals surface area contributed by atoms with Gasteiger partial charge in [0.1, 0.15) is 0 Å². The van der Waals surface area contributed by atoms with Gasteiger partial charge in [-0.25, -0.2) is 0 Å². The van der Waals surface area contributed by atoms with Crippen LogP contribution in [0.15, 0.2) is 90.0 Å². The highest BCUT2D eigenvalue weighted by Gasteiger charge is 2.29. The van der Waals surface area contributed by atoms with Crippen LogP contribution < -0.4 is 5.01 Å². The number of unbranched alkanes of at least 4 members (excludes halogenated alkanes) is 7. The summed E-state index contributed by atoms with van der Waals surface area (Å²) >= 11 is 0. The number of hydrogen-bond acceptors (Lipinski definition) is 3. The van der Waals surface area contributed by atoms with Crippen LogP contribution in [0.5, 0.6) is 0 Å². The molecular weight excluding hydrogens is 428 g/mol. The molecule has 0 saturated heterocycles. The minimum Gasteiger partial charge on any atom is -0.294 e. The second kappa shape index (κ2) is 13.0. The zero-order chi connectivity index (χ0) is 24.3. The van der Waals surface area contributed by atoms with Crippen molar-refractivity contribution in [2.45, 2.75) is 77.2 Å². The number of nitrogens with zero attached hydrogens (tertiary/aromatic N) is 2. The van der Waals surface area contributed by atoms with Gasteiger partial charge >= 0.3 is 0 Å². The van der Waals surface area contributed by atoms with E-state index in [2.05, 4.69) is 66.5 Å². The molecule has 4 rings (SSSR count). The van der Waals surface area contributed by atoms with Gasteiger partial charge in [-0.2, -0.15) is 5.10 Å². The van der Waals surface area contributed by atoms with Gasteiger partial charge in [-0.3, -0.25) is 9.80 Å². The molecule has 0 bridgehead atoms. The molecular formula is C32H38N2O. The Morgan fingerprint density at radius 1 is 0.771 bits per heavy atom. The van der Waals surface area contributed by atoms with Gasteiger partial charge in [0.25, 0.3) is 0 Å². The Morgan fingerprint density at radius 3 is 2.03 bits per heavy atom. The fraction of sp³-hybridized carbons (Fsp3) is 0.375. The first-order chi connectivity index (χ1) is 17.3. The van der Waals surface area contributed by atoms with Gasteiger partial charge in [0.05, 0.1) is 17.4 Å². The molecule has 1 aliphatic rings. The Balaban J connectivity index is 1.39. The normalized spacial score (nSPS) is 15.3. The number of hydrazone groups is 1. The summed E-state index contributed by atoms with van der Waals surface area (Å²) in [5, 5.41) is 7.14. The van der Waals surface area contributed by atoms with Gasteiger partial charge in [-0.15, -0.1) is 0 Å². The molecule has 3 aromatic rings. The van der Waals surface area contributed by atoms with Gasteiger partial charge in [-0.1, -0.05) is 113 Å². The minimum absolute atomic E-state index is 0.144. The summed E-state index contributed by atoms with van der Waals surface area (Å²) in [6.45, 7) is 2.25. The minimum atomic E-state index is 0.144. The number of anilines is 1. The maximum atomic E-state index is 12.7. The second-order valence-electron chi connectivity index (χ2n) is 9.58. The lowest BCUT2D eigenvalue weighted by atomic mass is 9.98. The van der Waals surface area contributed by atoms with Gasteiger partial charge < -0.3 is 0 Å². The SMILES string of the molecule is CCCCCCCCCCC(=O)c1ccc(N2N=C(c3ccccc3)C[C@H]2c2ccccc2)cc1. The standard InChI is InChI=1S/C32H38N2O/c1-2-3-4-5-6-7-8-15-20-32(35)28-21-23-29(24-22-28)34-31(27-18-13-10-14-19-27)25-30(33-34)26-16-11-9-12-17-26/h9-14,16-19,21-24,31H,2-8,15,20,25H2,1H3/t31-/m0/s1. The third kappa shape index (κ3) is 6.91. The van der Waals surface area contributed by atoms with Crippen LogP contribution in [0.2, 0.25) is 0 Å². The number of benzene rings is 3. The smallest absolute Gasteiger partial charge is 0.162 e. The van der Waals surface area contributed by atoms with Crippen molar-refractivity contribution in [1.82, 2.24) is 0 Å². The predicted octanol–water partition coefficient (Wildman–Crippen LogP) is 8.76. The Hall–Kier alpha value is -3.20. The number of carbonyl (C=O) groups excluding carboxylic acids is 1. The van der Waals surface area contributed by atoms with E-state index in [0.29, 0.717) is 6.42 Å². The molecule has 0 unspecified atom stereocenters. The van der Waals surface area contributed by atoms with Gasteiger partial charge in [0.15, 0.2) is 5.78 Å². The molecule has 1 aliphatic heterocycles. The average molecular weight is 467 g/mol. The van der Waals surface area contributed by atoms with Crippen LogP contribution in [0.3, 0.4) is 0 Å². The number of Topliss-reactive ketones (excluding diaryl/α,β-unsaturated/α-hetero) is 1. The fourth-order valence-corrected chi connectivity index (χ4v) is 4.85. The van der Waals surface area contributed by atoms with E-state index in [4.69, 9.17) is 5.10 Å². The van der Waals surface area contributed by atoms with Crippen molar-refractivity contribution in [2.75, 3.05) is 5.01 Å². The quantitative estimate of drug-likeness (QED) is 0.186. The molecule has 0 saturated carbocycles. The lowest BCUT2D eigenvalue weighted by Gasteiger charge is -2.24. The predicted molar refractivity (Wildman–Crippen MR) is 147 cm³/mol. The zero-order valence-corrected chi connectivity index (χ0v) is 21.0. The van der Waals surface area contributed by atoms with E-state index in [1.54, 1.807) is 0 Å². The molecule has 3 aromatic carbocycles. The van der Waals surface area contributed by atoms with Crippen molar-refractivity contribution < 1.29 is 4.79 Å². The number of ketones is 1. The molecule has 0 aliphatic carbocycles. The van der Waals surface area contributed by atoms with E-state index in [1.165, 1.54) is 44.1 Å². The first kappa shape index (κ1) is 24.9. The molecule has 3 heteroatoms. The van der Waals surface area contributed by atoms with Crippen LogP contribution in [0.1, 0.15) is 98.7 Å². The molecule has 0 N–H and O–H groups in total. The van der Waals surface area contributed by atoms with Crippen LogP contribution in [-0.2, 0) is 0 Å². The van der Waals surface area contributed by atoms with E-state index in [-0.39, 0.29) is 11.8 Å². The second-order valence-corrected chi connectivity index (χ2v) is 9.58. The van der Waals surface area contributed by atoms with Crippen molar-refractivity contribution in [2.24, 2.45) is 5.10 Å². The summed E-state index contributed by atoms with van der Waals surface area (Å²) < 4.78 is 0. The number of carbonyl (C=O) groups is 1. The third-order valence-electron chi connectivity index (χ3n) is 6.91. The molecule has 0 aromatic heterocycles. The molecule has 1 heterocycles. The Kier molecular flexibility index (Phi) is 9.28. The van der Waals surface area contributed by atoms with Crippen molar-refractivity contribution in [3.63, 3.8) is 0 Å². The van der Waals surface area contributed by atoms with Crippen LogP contribution in [-0.4, -0.2) is 11.5 Å². The lowest BCUT2D eigenvalue weighted by Crippen LogP contribution is -2.18. The molecule has 0 fully saturated rings. The van der Waals surface area contributed by atoms with Gasteiger partial charge in [0, 0.05) is 18.4 Å². The molecule has 35 heavy (non-hydrogen) atoms. The topological polar surface area (TPSA) is 32.7 Å². The van der Waals surface area contributed by atoms with Crippen LogP contribution >= 0.6 is 0 Å². The first-order valence-corrected chi connectivity index (χ1v) is 13.4. The maximum Gasteiger partial charge on any atom is 0.162 e. The fourth-order valence-electron chi connectivity index (χ4n) is 4.85. The molecule has 1 atom stereocenters. The molecule has 3 nitrogen and oxygen atoms in total. The molecule has 0 radical (unpaired) electrons. The van der Waals surface area contributed by atoms with Crippen molar-refractivity contribution in [3.8, 4) is 0 Å². The van der Waals surface area contributed by atoms with E-state index in [9.17, 15) is 4.79 Å². The maximum absolute atomic E-state index is 12.7. The third-order valence-corrected chi connectivity index (χ3v) is 6.91. The van der Waals surface area contributed by atoms with Crippen molar-refractivity contribution >= 4 is 17.2 Å². The van der Waals surface area contributed by atoms with Crippen molar-refractivity contribution in [1.29, 1.82) is 0 Å². The Morgan fingerprint density at radius 2 is 1.37 bits per heavy atom. The summed E-state index contributed by atoms with van der Waals surface area (Å²) in [5.41, 5.74) is 5.33. The summed E-state index contributed by atoms with van der Waals surface area (Å²) in [6, 6.07) is 29.1. The average Bonchev–Trinajstić information content (AvgIpc) is 3.37. The first-order valence-electron chi connectivity index (χ1n) is 13.4. The summed E-state index contributed by atoms with van der Waals surface area (Å²) in [7, 11) is 0. The summed E-state index contributed by atoms with van der Waals surface area (Å²) in [4.78, 5) is 12.7. The zero-order valence-electron chi connectivity index (χ0n) is 21.0. The van der Waals surface area contributed by atoms with Crippen LogP contribution in [0, 0.1) is 0 Å².